The van der Waals surface area contributed by atoms with Gasteiger partial charge in [0.25, 0.3) is 0 Å². The predicted octanol–water partition coefficient (Wildman–Crippen LogP) is 3.25. The minimum absolute atomic E-state index is 0.107. The first-order valence-electron chi connectivity index (χ1n) is 5.62. The van der Waals surface area contributed by atoms with Crippen LogP contribution < -0.4 is 0 Å². The van der Waals surface area contributed by atoms with Gasteiger partial charge in [0.05, 0.1) is 0 Å². The molecule has 1 aliphatic heterocycles. The van der Waals surface area contributed by atoms with Crippen LogP contribution >= 0.6 is 0 Å². The summed E-state index contributed by atoms with van der Waals surface area (Å²) in [6.07, 6.45) is 25.9. The third-order valence-corrected chi connectivity index (χ3v) is 3.24. The fourth-order valence-corrected chi connectivity index (χ4v) is 2.32. The molecule has 0 saturated carbocycles. The molecule has 0 aromatic carbocycles. The van der Waals surface area contributed by atoms with E-state index in [9.17, 15) is 0 Å². The second-order valence-corrected chi connectivity index (χ2v) is 4.26. The zero-order chi connectivity index (χ0) is 10.9. The Kier molecular flexibility index (Phi) is 2.08. The minimum Gasteiger partial charge on any atom is -0.349 e. The summed E-state index contributed by atoms with van der Waals surface area (Å²) < 4.78 is 5.89. The van der Waals surface area contributed by atoms with Crippen LogP contribution in [-0.4, -0.2) is 11.2 Å². The minimum atomic E-state index is -0.176. The lowest BCUT2D eigenvalue weighted by Gasteiger charge is -2.01. The first-order chi connectivity index (χ1) is 7.87. The second kappa shape index (κ2) is 3.46. The largest absolute Gasteiger partial charge is 0.349 e. The van der Waals surface area contributed by atoms with Crippen LogP contribution in [0.25, 0.3) is 0 Å². The highest BCUT2D eigenvalue weighted by Crippen LogP contribution is 2.57. The molecule has 80 valence electrons. The fraction of sp³-hybridized carbons (Fsp3) is 0.200. The van der Waals surface area contributed by atoms with Gasteiger partial charge in [-0.05, 0) is 18.2 Å². The molecule has 2 atom stereocenters. The van der Waals surface area contributed by atoms with Gasteiger partial charge in [0.2, 0.25) is 0 Å². The van der Waals surface area contributed by atoms with Crippen molar-refractivity contribution in [3.63, 3.8) is 0 Å². The molecule has 2 aliphatic carbocycles. The van der Waals surface area contributed by atoms with Crippen LogP contribution in [-0.2, 0) is 4.74 Å². The molecule has 1 heteroatoms. The van der Waals surface area contributed by atoms with Crippen LogP contribution in [0.3, 0.4) is 0 Å². The lowest BCUT2D eigenvalue weighted by atomic mass is 9.94. The second-order valence-electron chi connectivity index (χ2n) is 4.26. The third-order valence-electron chi connectivity index (χ3n) is 3.24. The Balaban J connectivity index is 1.95. The van der Waals surface area contributed by atoms with Gasteiger partial charge in [-0.3, -0.25) is 0 Å². The van der Waals surface area contributed by atoms with Crippen molar-refractivity contribution >= 4 is 0 Å². The fourth-order valence-electron chi connectivity index (χ4n) is 2.32. The van der Waals surface area contributed by atoms with Gasteiger partial charge < -0.3 is 4.74 Å². The molecule has 1 nitrogen and oxygen atoms in total. The van der Waals surface area contributed by atoms with Crippen molar-refractivity contribution in [3.05, 3.63) is 72.9 Å². The number of hydrogen-bond acceptors (Lipinski definition) is 1. The van der Waals surface area contributed by atoms with Crippen molar-refractivity contribution in [2.45, 2.75) is 17.6 Å². The van der Waals surface area contributed by atoms with E-state index >= 15 is 0 Å². The zero-order valence-electron chi connectivity index (χ0n) is 9.04. The predicted molar refractivity (Wildman–Crippen MR) is 66.0 cm³/mol. The van der Waals surface area contributed by atoms with E-state index in [2.05, 4.69) is 36.5 Å². The highest BCUT2D eigenvalue weighted by atomic mass is 16.6. The molecule has 0 radical (unpaired) electrons. The first-order valence-corrected chi connectivity index (χ1v) is 5.62. The van der Waals surface area contributed by atoms with Crippen molar-refractivity contribution in [1.29, 1.82) is 0 Å². The van der Waals surface area contributed by atoms with Gasteiger partial charge in [-0.2, -0.15) is 0 Å². The molecular weight excluding hydrogens is 196 g/mol. The monoisotopic (exact) mass is 210 g/mol. The highest BCUT2D eigenvalue weighted by molar-refractivity contribution is 5.46. The molecule has 16 heavy (non-hydrogen) atoms. The Hall–Kier alpha value is -1.60. The molecule has 0 N–H and O–H groups in total. The summed E-state index contributed by atoms with van der Waals surface area (Å²) in [6, 6.07) is 0. The molecule has 3 rings (SSSR count). The van der Waals surface area contributed by atoms with Crippen LogP contribution in [0.4, 0.5) is 0 Å². The van der Waals surface area contributed by atoms with E-state index in [1.807, 2.05) is 36.5 Å². The van der Waals surface area contributed by atoms with Crippen LogP contribution in [0.5, 0.6) is 0 Å². The number of epoxide rings is 1. The van der Waals surface area contributed by atoms with Crippen molar-refractivity contribution < 1.29 is 4.74 Å². The quantitative estimate of drug-likeness (QED) is 0.441. The number of hydrogen-bond donors (Lipinski definition) is 0. The van der Waals surface area contributed by atoms with E-state index in [0.29, 0.717) is 0 Å². The SMILES string of the molecule is C1=CC=CC=CC23CC=CC2(C=CC=C1)O3. The van der Waals surface area contributed by atoms with E-state index in [0.717, 1.165) is 6.42 Å². The van der Waals surface area contributed by atoms with E-state index in [1.165, 1.54) is 0 Å². The van der Waals surface area contributed by atoms with Crippen LogP contribution in [0, 0.1) is 0 Å². The average molecular weight is 210 g/mol. The Morgan fingerprint density at radius 2 is 1.31 bits per heavy atom. The average Bonchev–Trinajstić information content (AvgIpc) is 2.76. The number of allylic oxidation sites excluding steroid dienone is 8. The van der Waals surface area contributed by atoms with Crippen molar-refractivity contribution in [3.8, 4) is 0 Å². The van der Waals surface area contributed by atoms with E-state index in [4.69, 9.17) is 4.74 Å². The zero-order valence-corrected chi connectivity index (χ0v) is 9.04. The summed E-state index contributed by atoms with van der Waals surface area (Å²) in [7, 11) is 0. The molecule has 1 saturated heterocycles. The van der Waals surface area contributed by atoms with Crippen molar-refractivity contribution in [1.82, 2.24) is 0 Å². The summed E-state index contributed by atoms with van der Waals surface area (Å²) in [5.41, 5.74) is -0.283. The Morgan fingerprint density at radius 1 is 0.688 bits per heavy atom. The number of rotatable bonds is 0. The lowest BCUT2D eigenvalue weighted by molar-refractivity contribution is 0.315. The molecule has 0 aromatic heterocycles. The molecular formula is C15H14O. The number of ether oxygens (including phenoxy) is 1. The van der Waals surface area contributed by atoms with E-state index in [-0.39, 0.29) is 11.2 Å². The molecule has 0 spiro atoms. The van der Waals surface area contributed by atoms with Gasteiger partial charge in [-0.15, -0.1) is 0 Å². The molecule has 1 heterocycles. The maximum absolute atomic E-state index is 5.89. The highest BCUT2D eigenvalue weighted by Gasteiger charge is 2.67. The molecule has 1 fully saturated rings. The van der Waals surface area contributed by atoms with Crippen LogP contribution in [0.2, 0.25) is 0 Å². The maximum Gasteiger partial charge on any atom is 0.139 e. The van der Waals surface area contributed by atoms with Gasteiger partial charge in [0, 0.05) is 6.42 Å². The van der Waals surface area contributed by atoms with E-state index in [1.54, 1.807) is 0 Å². The van der Waals surface area contributed by atoms with Crippen molar-refractivity contribution in [2.75, 3.05) is 0 Å². The smallest absolute Gasteiger partial charge is 0.139 e. The Morgan fingerprint density at radius 3 is 2.06 bits per heavy atom. The summed E-state index contributed by atoms with van der Waals surface area (Å²) in [5, 5.41) is 0. The summed E-state index contributed by atoms with van der Waals surface area (Å²) in [4.78, 5) is 0. The topological polar surface area (TPSA) is 12.5 Å². The molecule has 0 bridgehead atoms. The molecule has 2 unspecified atom stereocenters. The molecule has 0 aromatic rings. The Labute approximate surface area is 95.8 Å². The molecule has 0 amide bonds. The standard InChI is InChI=1S/C15H14O/c1-2-4-6-8-11-15-13-9-12-14(15,16-15)10-7-5-3-1/h1-12H,13H2. The van der Waals surface area contributed by atoms with Gasteiger partial charge in [0.1, 0.15) is 11.2 Å². The summed E-state index contributed by atoms with van der Waals surface area (Å²) in [6.45, 7) is 0. The normalized spacial score (nSPS) is 39.0. The Bertz CT molecular complexity index is 462. The van der Waals surface area contributed by atoms with Crippen molar-refractivity contribution in [2.24, 2.45) is 0 Å². The lowest BCUT2D eigenvalue weighted by Crippen LogP contribution is -2.14. The van der Waals surface area contributed by atoms with Gasteiger partial charge in [-0.25, -0.2) is 0 Å². The summed E-state index contributed by atoms with van der Waals surface area (Å²) >= 11 is 0. The molecule has 3 aliphatic rings. The summed E-state index contributed by atoms with van der Waals surface area (Å²) in [5.74, 6) is 0. The van der Waals surface area contributed by atoms with Gasteiger partial charge in [0.15, 0.2) is 0 Å². The third kappa shape index (κ3) is 1.36. The van der Waals surface area contributed by atoms with Crippen LogP contribution in [0.15, 0.2) is 72.9 Å². The first kappa shape index (κ1) is 9.61. The van der Waals surface area contributed by atoms with Gasteiger partial charge >= 0.3 is 0 Å². The van der Waals surface area contributed by atoms with Gasteiger partial charge in [-0.1, -0.05) is 54.7 Å². The van der Waals surface area contributed by atoms with Crippen LogP contribution in [0.1, 0.15) is 6.42 Å². The maximum atomic E-state index is 5.89. The van der Waals surface area contributed by atoms with E-state index < -0.39 is 0 Å².